The zero-order chi connectivity index (χ0) is 14.9. The van der Waals surface area contributed by atoms with Gasteiger partial charge in [-0.25, -0.2) is 4.79 Å². The number of rotatable bonds is 3. The van der Waals surface area contributed by atoms with Gasteiger partial charge in [-0.3, -0.25) is 0 Å². The lowest BCUT2D eigenvalue weighted by atomic mass is 10.0. The molecule has 106 valence electrons. The van der Waals surface area contributed by atoms with Crippen LogP contribution in [-0.4, -0.2) is 11.1 Å². The maximum absolute atomic E-state index is 12.1. The van der Waals surface area contributed by atoms with Gasteiger partial charge >= 0.3 is 5.97 Å². The molecule has 1 atom stereocenters. The molecule has 3 rings (SSSR count). The maximum atomic E-state index is 12.1. The van der Waals surface area contributed by atoms with Crippen molar-refractivity contribution in [2.45, 2.75) is 12.2 Å². The van der Waals surface area contributed by atoms with Crippen LogP contribution >= 0.6 is 22.6 Å². The molecule has 0 fully saturated rings. The van der Waals surface area contributed by atoms with Crippen LogP contribution in [0.1, 0.15) is 11.1 Å². The first-order valence-electron chi connectivity index (χ1n) is 6.55. The predicted octanol–water partition coefficient (Wildman–Crippen LogP) is 3.32. The second-order valence-electron chi connectivity index (χ2n) is 4.85. The molecule has 0 aromatic heterocycles. The highest BCUT2D eigenvalue weighted by atomic mass is 127. The fourth-order valence-corrected chi connectivity index (χ4v) is 3.17. The zero-order valence-corrected chi connectivity index (χ0v) is 13.3. The van der Waals surface area contributed by atoms with Crippen LogP contribution in [0.4, 0.5) is 0 Å². The summed E-state index contributed by atoms with van der Waals surface area (Å²) < 4.78 is 5.79. The van der Waals surface area contributed by atoms with Crippen molar-refractivity contribution in [1.82, 2.24) is 0 Å². The topological polar surface area (TPSA) is 46.5 Å². The lowest BCUT2D eigenvalue weighted by Crippen LogP contribution is -2.26. The minimum atomic E-state index is -1.66. The highest BCUT2D eigenvalue weighted by Gasteiger charge is 2.46. The van der Waals surface area contributed by atoms with Gasteiger partial charge in [0.15, 0.2) is 0 Å². The third-order valence-electron chi connectivity index (χ3n) is 3.44. The Hall–Kier alpha value is -1.66. The molecule has 0 saturated carbocycles. The number of hydrogen-bond acceptors (Lipinski definition) is 3. The molecule has 2 aromatic carbocycles. The summed E-state index contributed by atoms with van der Waals surface area (Å²) in [7, 11) is 0. The van der Waals surface area contributed by atoms with E-state index in [0.29, 0.717) is 21.1 Å². The molecule has 0 bridgehead atoms. The minimum Gasteiger partial charge on any atom is -0.420 e. The van der Waals surface area contributed by atoms with Crippen molar-refractivity contribution in [1.29, 1.82) is 0 Å². The summed E-state index contributed by atoms with van der Waals surface area (Å²) in [6, 6.07) is 18.6. The van der Waals surface area contributed by atoms with E-state index in [2.05, 4.69) is 0 Å². The molecule has 1 unspecified atom stereocenters. The van der Waals surface area contributed by atoms with Crippen LogP contribution in [0.15, 0.2) is 69.8 Å². The number of ether oxygens (including phenoxy) is 1. The van der Waals surface area contributed by atoms with Gasteiger partial charge in [-0.1, -0.05) is 60.7 Å². The molecule has 1 heterocycles. The average Bonchev–Trinajstić information content (AvgIpc) is 2.74. The molecule has 1 aliphatic rings. The molecular weight excluding hydrogens is 379 g/mol. The summed E-state index contributed by atoms with van der Waals surface area (Å²) >= 11 is 2.00. The molecule has 1 N–H and O–H groups in total. The van der Waals surface area contributed by atoms with Crippen LogP contribution in [0.5, 0.6) is 0 Å². The third-order valence-corrected chi connectivity index (χ3v) is 4.82. The van der Waals surface area contributed by atoms with Crippen molar-refractivity contribution >= 4 is 28.6 Å². The monoisotopic (exact) mass is 392 g/mol. The SMILES string of the molecule is O=C1OC(O)(c2ccccc2)C(I)=C1Cc1ccccc1. The van der Waals surface area contributed by atoms with Crippen molar-refractivity contribution in [2.24, 2.45) is 0 Å². The van der Waals surface area contributed by atoms with Crippen molar-refractivity contribution in [2.75, 3.05) is 0 Å². The van der Waals surface area contributed by atoms with Crippen molar-refractivity contribution in [3.63, 3.8) is 0 Å². The van der Waals surface area contributed by atoms with E-state index in [9.17, 15) is 9.90 Å². The van der Waals surface area contributed by atoms with Crippen molar-refractivity contribution in [3.05, 3.63) is 80.9 Å². The Kier molecular flexibility index (Phi) is 3.82. The van der Waals surface area contributed by atoms with E-state index in [-0.39, 0.29) is 0 Å². The summed E-state index contributed by atoms with van der Waals surface area (Å²) in [5.74, 6) is -2.13. The Labute approximate surface area is 136 Å². The Balaban J connectivity index is 1.98. The molecule has 0 radical (unpaired) electrons. The molecule has 21 heavy (non-hydrogen) atoms. The van der Waals surface area contributed by atoms with Gasteiger partial charge in [0.2, 0.25) is 0 Å². The van der Waals surface area contributed by atoms with Gasteiger partial charge in [-0.05, 0) is 28.2 Å². The van der Waals surface area contributed by atoms with Gasteiger partial charge in [0, 0.05) is 12.0 Å². The van der Waals surface area contributed by atoms with Crippen LogP contribution in [0.2, 0.25) is 0 Å². The lowest BCUT2D eigenvalue weighted by Gasteiger charge is -2.22. The number of carbonyl (C=O) groups is 1. The lowest BCUT2D eigenvalue weighted by molar-refractivity contribution is -0.182. The number of esters is 1. The number of benzene rings is 2. The van der Waals surface area contributed by atoms with E-state index in [1.807, 2.05) is 59.0 Å². The molecule has 0 amide bonds. The van der Waals surface area contributed by atoms with Crippen LogP contribution in [-0.2, 0) is 21.7 Å². The van der Waals surface area contributed by atoms with E-state index in [4.69, 9.17) is 4.74 Å². The Morgan fingerprint density at radius 1 is 1.00 bits per heavy atom. The van der Waals surface area contributed by atoms with E-state index in [0.717, 1.165) is 5.56 Å². The first kappa shape index (κ1) is 14.3. The van der Waals surface area contributed by atoms with Crippen molar-refractivity contribution in [3.8, 4) is 0 Å². The summed E-state index contributed by atoms with van der Waals surface area (Å²) in [6.07, 6.45) is 0.451. The Morgan fingerprint density at radius 2 is 1.57 bits per heavy atom. The number of hydrogen-bond donors (Lipinski definition) is 1. The number of carbonyl (C=O) groups excluding carboxylic acids is 1. The third kappa shape index (κ3) is 2.61. The first-order valence-corrected chi connectivity index (χ1v) is 7.63. The molecule has 0 aliphatic carbocycles. The molecule has 4 heteroatoms. The van der Waals surface area contributed by atoms with Crippen LogP contribution in [0.3, 0.4) is 0 Å². The summed E-state index contributed by atoms with van der Waals surface area (Å²) in [5, 5.41) is 10.7. The molecule has 1 aliphatic heterocycles. The first-order chi connectivity index (χ1) is 10.1. The van der Waals surface area contributed by atoms with Gasteiger partial charge in [0.25, 0.3) is 5.79 Å². The van der Waals surface area contributed by atoms with E-state index in [1.54, 1.807) is 24.3 Å². The highest BCUT2D eigenvalue weighted by Crippen LogP contribution is 2.43. The molecule has 3 nitrogen and oxygen atoms in total. The number of cyclic esters (lactones) is 1. The second-order valence-corrected chi connectivity index (χ2v) is 5.93. The normalized spacial score (nSPS) is 21.5. The maximum Gasteiger partial charge on any atom is 0.338 e. The van der Waals surface area contributed by atoms with Crippen LogP contribution in [0, 0.1) is 0 Å². The molecule has 2 aromatic rings. The molecule has 0 spiro atoms. The predicted molar refractivity (Wildman–Crippen MR) is 87.6 cm³/mol. The van der Waals surface area contributed by atoms with Gasteiger partial charge in [-0.15, -0.1) is 0 Å². The van der Waals surface area contributed by atoms with Crippen LogP contribution in [0.25, 0.3) is 0 Å². The van der Waals surface area contributed by atoms with Gasteiger partial charge in [-0.2, -0.15) is 0 Å². The van der Waals surface area contributed by atoms with E-state index in [1.165, 1.54) is 0 Å². The van der Waals surface area contributed by atoms with E-state index >= 15 is 0 Å². The van der Waals surface area contributed by atoms with Gasteiger partial charge in [0.05, 0.1) is 9.15 Å². The smallest absolute Gasteiger partial charge is 0.338 e. The fraction of sp³-hybridized carbons (Fsp3) is 0.118. The number of aliphatic hydroxyl groups is 1. The molecule has 0 saturated heterocycles. The minimum absolute atomic E-state index is 0.451. The van der Waals surface area contributed by atoms with Crippen LogP contribution < -0.4 is 0 Å². The summed E-state index contributed by atoms with van der Waals surface area (Å²) in [5.41, 5.74) is 2.08. The summed E-state index contributed by atoms with van der Waals surface area (Å²) in [4.78, 5) is 12.1. The standard InChI is InChI=1S/C17H13IO3/c18-15-14(11-12-7-3-1-4-8-12)16(19)21-17(15,20)13-9-5-2-6-10-13/h1-10,20H,11H2. The summed E-state index contributed by atoms with van der Waals surface area (Å²) in [6.45, 7) is 0. The zero-order valence-electron chi connectivity index (χ0n) is 11.1. The Bertz CT molecular complexity index is 694. The second kappa shape index (κ2) is 5.61. The van der Waals surface area contributed by atoms with Gasteiger partial charge < -0.3 is 9.84 Å². The highest BCUT2D eigenvalue weighted by molar-refractivity contribution is 14.1. The van der Waals surface area contributed by atoms with Gasteiger partial charge in [0.1, 0.15) is 0 Å². The molecular formula is C17H13IO3. The largest absolute Gasteiger partial charge is 0.420 e. The van der Waals surface area contributed by atoms with Crippen molar-refractivity contribution < 1.29 is 14.6 Å². The Morgan fingerprint density at radius 3 is 2.19 bits per heavy atom. The van der Waals surface area contributed by atoms with E-state index < -0.39 is 11.8 Å². The fourth-order valence-electron chi connectivity index (χ4n) is 2.33. The average molecular weight is 392 g/mol. The number of halogens is 1. The quantitative estimate of drug-likeness (QED) is 0.644.